The fourth-order valence-electron chi connectivity index (χ4n) is 3.12. The number of carbonyl (C=O) groups is 1. The lowest BCUT2D eigenvalue weighted by Crippen LogP contribution is -2.37. The number of aliphatic hydroxyl groups excluding tert-OH is 1. The molecular formula is C21H20F5N3O3. The van der Waals surface area contributed by atoms with E-state index in [0.29, 0.717) is 5.56 Å². The van der Waals surface area contributed by atoms with E-state index in [1.54, 1.807) is 37.3 Å². The van der Waals surface area contributed by atoms with Gasteiger partial charge in [-0.25, -0.2) is 4.98 Å². The number of rotatable bonds is 8. The highest BCUT2D eigenvalue weighted by molar-refractivity contribution is 5.95. The molecule has 0 aliphatic carbocycles. The molecule has 0 saturated carbocycles. The predicted molar refractivity (Wildman–Crippen MR) is 105 cm³/mol. The minimum absolute atomic E-state index is 0.0469. The Bertz CT molecular complexity index is 1080. The van der Waals surface area contributed by atoms with E-state index >= 15 is 0 Å². The van der Waals surface area contributed by atoms with Gasteiger partial charge in [0.25, 0.3) is 5.91 Å². The monoisotopic (exact) mass is 457 g/mol. The largest absolute Gasteiger partial charge is 0.489 e. The first-order valence-electron chi connectivity index (χ1n) is 9.57. The van der Waals surface area contributed by atoms with E-state index in [1.807, 2.05) is 0 Å². The molecule has 2 N–H and O–H groups in total. The van der Waals surface area contributed by atoms with Gasteiger partial charge in [-0.3, -0.25) is 9.20 Å². The Kier molecular flexibility index (Phi) is 6.68. The third kappa shape index (κ3) is 4.82. The lowest BCUT2D eigenvalue weighted by Gasteiger charge is -2.19. The van der Waals surface area contributed by atoms with Crippen LogP contribution in [0.4, 0.5) is 22.0 Å². The van der Waals surface area contributed by atoms with Gasteiger partial charge in [-0.15, -0.1) is 0 Å². The van der Waals surface area contributed by atoms with Gasteiger partial charge < -0.3 is 15.2 Å². The molecule has 32 heavy (non-hydrogen) atoms. The smallest absolute Gasteiger partial charge is 0.453 e. The summed E-state index contributed by atoms with van der Waals surface area (Å²) >= 11 is 0. The number of nitrogens with zero attached hydrogens (tertiary/aromatic N) is 2. The van der Waals surface area contributed by atoms with Crippen LogP contribution < -0.4 is 10.1 Å². The number of ether oxygens (including phenoxy) is 1. The Labute approximate surface area is 179 Å². The summed E-state index contributed by atoms with van der Waals surface area (Å²) in [6.07, 6.45) is -5.74. The van der Waals surface area contributed by atoms with E-state index in [-0.39, 0.29) is 29.4 Å². The number of pyridine rings is 1. The van der Waals surface area contributed by atoms with Crippen LogP contribution in [0.2, 0.25) is 0 Å². The summed E-state index contributed by atoms with van der Waals surface area (Å²) < 4.78 is 69.7. The van der Waals surface area contributed by atoms with E-state index in [2.05, 4.69) is 10.3 Å². The molecule has 2 heterocycles. The molecule has 3 rings (SSSR count). The molecule has 0 spiro atoms. The zero-order chi connectivity index (χ0) is 23.5. The Morgan fingerprint density at radius 1 is 1.16 bits per heavy atom. The summed E-state index contributed by atoms with van der Waals surface area (Å²) in [6, 6.07) is 10.9. The van der Waals surface area contributed by atoms with Crippen molar-refractivity contribution in [3.8, 4) is 5.75 Å². The van der Waals surface area contributed by atoms with Gasteiger partial charge >= 0.3 is 12.1 Å². The summed E-state index contributed by atoms with van der Waals surface area (Å²) in [5, 5.41) is 12.4. The number of carbonyl (C=O) groups excluding carboxylic acids is 1. The fraction of sp³-hybridized carbons (Fsp3) is 0.333. The molecule has 1 aromatic carbocycles. The number of aromatic nitrogens is 2. The summed E-state index contributed by atoms with van der Waals surface area (Å²) in [5.74, 6) is -5.49. The Hall–Kier alpha value is -3.21. The molecule has 1 amide bonds. The second kappa shape index (κ2) is 9.11. The van der Waals surface area contributed by atoms with Gasteiger partial charge in [0.1, 0.15) is 5.69 Å². The number of hydrogen-bond acceptors (Lipinski definition) is 4. The van der Waals surface area contributed by atoms with Gasteiger partial charge in [-0.05, 0) is 24.6 Å². The number of aryl methyl sites for hydroxylation is 1. The molecule has 0 aliphatic heterocycles. The van der Waals surface area contributed by atoms with E-state index < -0.39 is 37.1 Å². The number of nitrogens with one attached hydrogen (secondary N) is 1. The molecule has 2 aromatic heterocycles. The van der Waals surface area contributed by atoms with E-state index in [1.165, 1.54) is 22.7 Å². The van der Waals surface area contributed by atoms with Crippen molar-refractivity contribution in [2.24, 2.45) is 0 Å². The Balaban J connectivity index is 1.81. The first-order chi connectivity index (χ1) is 15.0. The Morgan fingerprint density at radius 2 is 1.84 bits per heavy atom. The molecule has 172 valence electrons. The molecule has 0 saturated heterocycles. The highest BCUT2D eigenvalue weighted by Gasteiger charge is 2.56. The van der Waals surface area contributed by atoms with Crippen molar-refractivity contribution in [2.45, 2.75) is 31.5 Å². The number of imidazole rings is 1. The number of fused-ring (bicyclic) bond motifs is 1. The zero-order valence-corrected chi connectivity index (χ0v) is 16.9. The van der Waals surface area contributed by atoms with Crippen LogP contribution in [0.5, 0.6) is 5.75 Å². The van der Waals surface area contributed by atoms with Crippen molar-refractivity contribution in [3.63, 3.8) is 0 Å². The maximum absolute atomic E-state index is 13.1. The Morgan fingerprint density at radius 3 is 2.47 bits per heavy atom. The quantitative estimate of drug-likeness (QED) is 0.500. The van der Waals surface area contributed by atoms with Crippen molar-refractivity contribution in [1.29, 1.82) is 0 Å². The third-order valence-corrected chi connectivity index (χ3v) is 4.78. The van der Waals surface area contributed by atoms with Crippen molar-refractivity contribution in [1.82, 2.24) is 14.7 Å². The first kappa shape index (κ1) is 23.5. The molecule has 0 aliphatic rings. The number of hydrogen-bond donors (Lipinski definition) is 2. The number of amides is 1. The van der Waals surface area contributed by atoms with Gasteiger partial charge in [0.05, 0.1) is 31.4 Å². The van der Waals surface area contributed by atoms with E-state index in [9.17, 15) is 31.9 Å². The van der Waals surface area contributed by atoms with Gasteiger partial charge in [0, 0.05) is 6.20 Å². The number of aliphatic hydroxyl groups is 1. The van der Waals surface area contributed by atoms with Crippen LogP contribution in [0.1, 0.15) is 34.2 Å². The second-order valence-electron chi connectivity index (χ2n) is 7.03. The van der Waals surface area contributed by atoms with Crippen LogP contribution in [0.15, 0.2) is 48.7 Å². The molecule has 0 radical (unpaired) electrons. The van der Waals surface area contributed by atoms with E-state index in [0.717, 1.165) is 0 Å². The topological polar surface area (TPSA) is 75.9 Å². The van der Waals surface area contributed by atoms with Crippen LogP contribution in [0.25, 0.3) is 5.65 Å². The van der Waals surface area contributed by atoms with Crippen LogP contribution in [-0.4, -0.2) is 45.7 Å². The first-order valence-corrected chi connectivity index (χ1v) is 9.57. The molecule has 6 nitrogen and oxygen atoms in total. The number of benzene rings is 1. The van der Waals surface area contributed by atoms with Gasteiger partial charge in [-0.2, -0.15) is 22.0 Å². The average molecular weight is 457 g/mol. The summed E-state index contributed by atoms with van der Waals surface area (Å²) in [5.41, 5.74) is 1.17. The lowest BCUT2D eigenvalue weighted by atomic mass is 10.1. The fourth-order valence-corrected chi connectivity index (χ4v) is 3.12. The maximum atomic E-state index is 13.1. The molecule has 0 bridgehead atoms. The highest BCUT2D eigenvalue weighted by atomic mass is 19.4. The SMILES string of the molecule is Cc1nc2c(OCCC(F)(F)C(F)(F)F)cccn2c1C(=O)N[C@@H](CO)c1ccccc1. The molecule has 11 heteroatoms. The summed E-state index contributed by atoms with van der Waals surface area (Å²) in [6.45, 7) is 0.285. The van der Waals surface area contributed by atoms with Crippen molar-refractivity contribution >= 4 is 11.6 Å². The number of halogens is 5. The maximum Gasteiger partial charge on any atom is 0.453 e. The molecule has 1 atom stereocenters. The van der Waals surface area contributed by atoms with Crippen molar-refractivity contribution in [3.05, 3.63) is 65.6 Å². The normalized spacial score (nSPS) is 13.2. The molecule has 3 aromatic rings. The molecule has 0 unspecified atom stereocenters. The van der Waals surface area contributed by atoms with Crippen LogP contribution in [-0.2, 0) is 0 Å². The van der Waals surface area contributed by atoms with Crippen LogP contribution >= 0.6 is 0 Å². The lowest BCUT2D eigenvalue weighted by molar-refractivity contribution is -0.285. The average Bonchev–Trinajstić information content (AvgIpc) is 3.08. The van der Waals surface area contributed by atoms with Gasteiger partial charge in [0.2, 0.25) is 0 Å². The predicted octanol–water partition coefficient (Wildman–Crippen LogP) is 4.07. The molecular weight excluding hydrogens is 437 g/mol. The van der Waals surface area contributed by atoms with E-state index in [4.69, 9.17) is 4.74 Å². The second-order valence-corrected chi connectivity index (χ2v) is 7.03. The zero-order valence-electron chi connectivity index (χ0n) is 16.9. The summed E-state index contributed by atoms with van der Waals surface area (Å²) in [7, 11) is 0. The number of alkyl halides is 5. The minimum Gasteiger partial charge on any atom is -0.489 e. The van der Waals surface area contributed by atoms with Gasteiger partial charge in [-0.1, -0.05) is 30.3 Å². The van der Waals surface area contributed by atoms with Crippen molar-refractivity contribution < 1.29 is 36.6 Å². The van der Waals surface area contributed by atoms with Crippen molar-refractivity contribution in [2.75, 3.05) is 13.2 Å². The summed E-state index contributed by atoms with van der Waals surface area (Å²) in [4.78, 5) is 17.1. The standard InChI is InChI=1S/C21H20F5N3O3/c1-13-17(19(31)28-15(12-30)14-6-3-2-4-7-14)29-10-5-8-16(18(29)27-13)32-11-9-20(22,23)21(24,25)26/h2-8,10,15,30H,9,11-12H2,1H3,(H,28,31)/t15-/m0/s1. The minimum atomic E-state index is -5.67. The van der Waals surface area contributed by atoms with Crippen LogP contribution in [0.3, 0.4) is 0 Å². The third-order valence-electron chi connectivity index (χ3n) is 4.78. The molecule has 0 fully saturated rings. The highest BCUT2D eigenvalue weighted by Crippen LogP contribution is 2.38. The van der Waals surface area contributed by atoms with Gasteiger partial charge in [0.15, 0.2) is 11.4 Å². The van der Waals surface area contributed by atoms with Crippen LogP contribution in [0, 0.1) is 6.92 Å².